The van der Waals surface area contributed by atoms with E-state index >= 15 is 0 Å². The van der Waals surface area contributed by atoms with E-state index in [1.807, 2.05) is 36.4 Å². The van der Waals surface area contributed by atoms with Gasteiger partial charge in [0, 0.05) is 21.6 Å². The Morgan fingerprint density at radius 3 is 2.53 bits per heavy atom. The first-order valence-corrected chi connectivity index (χ1v) is 10.5. The van der Waals surface area contributed by atoms with Crippen molar-refractivity contribution in [1.82, 2.24) is 0 Å². The van der Waals surface area contributed by atoms with Crippen LogP contribution in [0.1, 0.15) is 15.9 Å². The van der Waals surface area contributed by atoms with Gasteiger partial charge in [0.15, 0.2) is 11.3 Å². The van der Waals surface area contributed by atoms with Gasteiger partial charge in [-0.3, -0.25) is 10.2 Å². The zero-order valence-electron chi connectivity index (χ0n) is 17.3. The number of phenols is 1. The molecule has 3 N–H and O–H groups in total. The molecular weight excluding hydrogens is 474 g/mol. The monoisotopic (exact) mass is 493 g/mol. The minimum Gasteiger partial charge on any atom is -0.508 e. The van der Waals surface area contributed by atoms with Gasteiger partial charge in [-0.2, -0.15) is 0 Å². The molecule has 3 aromatic carbocycles. The minimum absolute atomic E-state index is 0.0822. The van der Waals surface area contributed by atoms with Gasteiger partial charge in [0.1, 0.15) is 11.3 Å². The fourth-order valence-electron chi connectivity index (χ4n) is 3.06. The molecule has 0 unspecified atom stereocenters. The zero-order valence-corrected chi connectivity index (χ0v) is 18.9. The molecule has 162 valence electrons. The van der Waals surface area contributed by atoms with Crippen molar-refractivity contribution in [1.29, 1.82) is 0 Å². The standard InChI is InChI=1S/C24H20BrN3O4/c1-14-6-9-18(13-20(14)29)26-23(30)19-12-15-4-3-5-21(31-2)22(15)32-24(19)28-27-17-10-7-16(25)8-11-17/h3-13,27,29H,1-2H3,(H,26,30)/b28-24-. The molecule has 0 saturated heterocycles. The molecule has 0 atom stereocenters. The number of benzene rings is 3. The summed E-state index contributed by atoms with van der Waals surface area (Å²) >= 11 is 3.39. The van der Waals surface area contributed by atoms with Gasteiger partial charge in [0.2, 0.25) is 5.55 Å². The maximum atomic E-state index is 13.1. The molecule has 0 spiro atoms. The predicted octanol–water partition coefficient (Wildman–Crippen LogP) is 5.40. The number of methoxy groups -OCH3 is 1. The number of hydrogen-bond donors (Lipinski definition) is 3. The van der Waals surface area contributed by atoms with Gasteiger partial charge >= 0.3 is 0 Å². The molecule has 8 heteroatoms. The van der Waals surface area contributed by atoms with Crippen molar-refractivity contribution in [2.24, 2.45) is 5.10 Å². The van der Waals surface area contributed by atoms with Crippen LogP contribution in [0.15, 0.2) is 80.7 Å². The van der Waals surface area contributed by atoms with Crippen LogP contribution in [-0.2, 0) is 0 Å². The summed E-state index contributed by atoms with van der Waals surface area (Å²) < 4.78 is 12.3. The molecule has 4 rings (SSSR count). The second-order valence-corrected chi connectivity index (χ2v) is 7.95. The first kappa shape index (κ1) is 21.5. The molecule has 0 saturated carbocycles. The molecule has 4 aromatic rings. The summed E-state index contributed by atoms with van der Waals surface area (Å²) in [5.74, 6) is 0.189. The summed E-state index contributed by atoms with van der Waals surface area (Å²) in [5, 5.41) is 17.7. The molecule has 1 amide bonds. The van der Waals surface area contributed by atoms with E-state index in [0.717, 1.165) is 10.2 Å². The molecule has 0 aliphatic rings. The number of fused-ring (bicyclic) bond motifs is 1. The third-order valence-electron chi connectivity index (χ3n) is 4.80. The molecule has 1 aromatic heterocycles. The van der Waals surface area contributed by atoms with E-state index in [0.29, 0.717) is 28.0 Å². The van der Waals surface area contributed by atoms with Crippen LogP contribution in [0, 0.1) is 6.92 Å². The normalized spacial score (nSPS) is 11.4. The molecule has 1 heterocycles. The molecule has 0 fully saturated rings. The van der Waals surface area contributed by atoms with Crippen molar-refractivity contribution < 1.29 is 19.1 Å². The number of nitrogens with zero attached hydrogens (tertiary/aromatic N) is 1. The Morgan fingerprint density at radius 1 is 1.06 bits per heavy atom. The molecule has 0 aliphatic heterocycles. The number of carbonyl (C=O) groups is 1. The van der Waals surface area contributed by atoms with Gasteiger partial charge in [-0.1, -0.05) is 34.1 Å². The Labute approximate surface area is 192 Å². The van der Waals surface area contributed by atoms with Crippen LogP contribution in [0.3, 0.4) is 0 Å². The number of para-hydroxylation sites is 1. The van der Waals surface area contributed by atoms with Crippen molar-refractivity contribution in [2.75, 3.05) is 17.9 Å². The highest BCUT2D eigenvalue weighted by atomic mass is 79.9. The Bertz CT molecular complexity index is 1360. The second-order valence-electron chi connectivity index (χ2n) is 7.03. The number of rotatable bonds is 5. The van der Waals surface area contributed by atoms with E-state index < -0.39 is 5.91 Å². The number of amides is 1. The topological polar surface area (TPSA) is 96.1 Å². The van der Waals surface area contributed by atoms with E-state index in [1.165, 1.54) is 6.07 Å². The lowest BCUT2D eigenvalue weighted by Crippen LogP contribution is -2.22. The van der Waals surface area contributed by atoms with Crippen molar-refractivity contribution in [3.05, 3.63) is 87.9 Å². The van der Waals surface area contributed by atoms with Gasteiger partial charge in [0.05, 0.1) is 12.8 Å². The van der Waals surface area contributed by atoms with Crippen LogP contribution in [0.5, 0.6) is 11.5 Å². The number of carbonyl (C=O) groups excluding carboxylic acids is 1. The third-order valence-corrected chi connectivity index (χ3v) is 5.33. The van der Waals surface area contributed by atoms with Gasteiger partial charge in [0.25, 0.3) is 5.91 Å². The Balaban J connectivity index is 1.78. The Kier molecular flexibility index (Phi) is 6.13. The number of aromatic hydroxyl groups is 1. The SMILES string of the molecule is COc1cccc2cc(C(=O)Nc3ccc(C)c(O)c3)/c(=N/Nc3ccc(Br)cc3)oc12. The van der Waals surface area contributed by atoms with Crippen molar-refractivity contribution in [3.8, 4) is 11.5 Å². The third kappa shape index (κ3) is 4.60. The van der Waals surface area contributed by atoms with Gasteiger partial charge in [-0.15, -0.1) is 5.10 Å². The summed E-state index contributed by atoms with van der Waals surface area (Å²) in [6.07, 6.45) is 0. The van der Waals surface area contributed by atoms with Crippen molar-refractivity contribution in [2.45, 2.75) is 6.92 Å². The maximum absolute atomic E-state index is 13.1. The van der Waals surface area contributed by atoms with Gasteiger partial charge in [-0.05, 0) is 55.0 Å². The lowest BCUT2D eigenvalue weighted by molar-refractivity contribution is 0.102. The first-order valence-electron chi connectivity index (χ1n) is 9.72. The lowest BCUT2D eigenvalue weighted by atomic mass is 10.1. The van der Waals surface area contributed by atoms with E-state index in [-0.39, 0.29) is 16.9 Å². The van der Waals surface area contributed by atoms with Crippen LogP contribution in [0.25, 0.3) is 11.0 Å². The Hall–Kier alpha value is -3.78. The van der Waals surface area contributed by atoms with E-state index in [2.05, 4.69) is 31.8 Å². The molecule has 7 nitrogen and oxygen atoms in total. The molecule has 32 heavy (non-hydrogen) atoms. The summed E-state index contributed by atoms with van der Waals surface area (Å²) in [6.45, 7) is 1.78. The number of nitrogens with one attached hydrogen (secondary N) is 2. The zero-order chi connectivity index (χ0) is 22.7. The first-order chi connectivity index (χ1) is 15.4. The van der Waals surface area contributed by atoms with Gasteiger partial charge < -0.3 is 19.6 Å². The fourth-order valence-corrected chi connectivity index (χ4v) is 3.32. The van der Waals surface area contributed by atoms with Gasteiger partial charge in [-0.25, -0.2) is 0 Å². The number of phenolic OH excluding ortho intramolecular Hbond substituents is 1. The summed E-state index contributed by atoms with van der Waals surface area (Å²) in [7, 11) is 1.55. The molecular formula is C24H20BrN3O4. The maximum Gasteiger partial charge on any atom is 0.261 e. The van der Waals surface area contributed by atoms with Crippen LogP contribution < -0.4 is 21.0 Å². The quantitative estimate of drug-likeness (QED) is 0.323. The highest BCUT2D eigenvalue weighted by molar-refractivity contribution is 9.10. The smallest absolute Gasteiger partial charge is 0.261 e. The number of ether oxygens (including phenoxy) is 1. The van der Waals surface area contributed by atoms with E-state index in [1.54, 1.807) is 38.3 Å². The Morgan fingerprint density at radius 2 is 1.81 bits per heavy atom. The molecule has 0 aliphatic carbocycles. The summed E-state index contributed by atoms with van der Waals surface area (Å²) in [4.78, 5) is 13.1. The van der Waals surface area contributed by atoms with E-state index in [4.69, 9.17) is 9.15 Å². The minimum atomic E-state index is -0.432. The second kappa shape index (κ2) is 9.15. The number of aryl methyl sites for hydroxylation is 1. The molecule has 0 bridgehead atoms. The number of anilines is 2. The highest BCUT2D eigenvalue weighted by Gasteiger charge is 2.15. The average molecular weight is 494 g/mol. The van der Waals surface area contributed by atoms with E-state index in [9.17, 15) is 9.90 Å². The van der Waals surface area contributed by atoms with Crippen molar-refractivity contribution in [3.63, 3.8) is 0 Å². The molecule has 0 radical (unpaired) electrons. The lowest BCUT2D eigenvalue weighted by Gasteiger charge is -2.10. The van der Waals surface area contributed by atoms with Crippen LogP contribution in [-0.4, -0.2) is 18.1 Å². The highest BCUT2D eigenvalue weighted by Crippen LogP contribution is 2.25. The van der Waals surface area contributed by atoms with Crippen molar-refractivity contribution >= 4 is 44.2 Å². The summed E-state index contributed by atoms with van der Waals surface area (Å²) in [5.41, 5.74) is 5.57. The predicted molar refractivity (Wildman–Crippen MR) is 127 cm³/mol. The fraction of sp³-hybridized carbons (Fsp3) is 0.0833. The van der Waals surface area contributed by atoms with Crippen LogP contribution >= 0.6 is 15.9 Å². The summed E-state index contributed by atoms with van der Waals surface area (Å²) in [6, 6.07) is 19.4. The average Bonchev–Trinajstić information content (AvgIpc) is 2.80. The van der Waals surface area contributed by atoms with Crippen LogP contribution in [0.2, 0.25) is 0 Å². The number of hydrogen-bond acceptors (Lipinski definition) is 6. The number of halogens is 1. The van der Waals surface area contributed by atoms with Crippen LogP contribution in [0.4, 0.5) is 11.4 Å². The largest absolute Gasteiger partial charge is 0.508 e.